The van der Waals surface area contributed by atoms with Crippen molar-refractivity contribution < 1.29 is 9.72 Å². The number of non-ortho nitro benzene ring substituents is 1. The Bertz CT molecular complexity index is 1010. The molecule has 8 heteroatoms. The molecule has 2 heterocycles. The van der Waals surface area contributed by atoms with E-state index in [1.165, 1.54) is 37.1 Å². The van der Waals surface area contributed by atoms with Crippen molar-refractivity contribution in [3.63, 3.8) is 0 Å². The maximum atomic E-state index is 12.4. The fourth-order valence-corrected chi connectivity index (χ4v) is 3.70. The van der Waals surface area contributed by atoms with Crippen molar-refractivity contribution in [2.45, 2.75) is 38.3 Å². The lowest BCUT2D eigenvalue weighted by atomic mass is 10.1. The predicted molar refractivity (Wildman–Crippen MR) is 107 cm³/mol. The average Bonchev–Trinajstić information content (AvgIpc) is 3.42. The summed E-state index contributed by atoms with van der Waals surface area (Å²) < 4.78 is 2.08. The zero-order valence-corrected chi connectivity index (χ0v) is 15.8. The number of nitro groups is 1. The number of hydrogen-bond donors (Lipinski definition) is 1. The highest BCUT2D eigenvalue weighted by Gasteiger charge is 2.22. The van der Waals surface area contributed by atoms with E-state index < -0.39 is 4.92 Å². The van der Waals surface area contributed by atoms with Crippen LogP contribution in [0, 0.1) is 10.1 Å². The molecule has 0 unspecified atom stereocenters. The van der Waals surface area contributed by atoms with Gasteiger partial charge in [-0.3, -0.25) is 24.6 Å². The number of carbonyl (C=O) groups is 1. The third-order valence-corrected chi connectivity index (χ3v) is 5.20. The van der Waals surface area contributed by atoms with Crippen LogP contribution in [0.4, 0.5) is 5.69 Å². The molecule has 29 heavy (non-hydrogen) atoms. The Labute approximate surface area is 167 Å². The summed E-state index contributed by atoms with van der Waals surface area (Å²) in [6.07, 6.45) is 8.14. The molecule has 1 saturated carbocycles. The normalized spacial score (nSPS) is 14.1. The highest BCUT2D eigenvalue weighted by molar-refractivity contribution is 5.94. The summed E-state index contributed by atoms with van der Waals surface area (Å²) in [6, 6.07) is 11.8. The third kappa shape index (κ3) is 4.16. The van der Waals surface area contributed by atoms with Gasteiger partial charge >= 0.3 is 0 Å². The molecule has 1 N–H and O–H groups in total. The number of pyridine rings is 1. The second-order valence-corrected chi connectivity index (χ2v) is 7.13. The Morgan fingerprint density at radius 3 is 2.48 bits per heavy atom. The molecule has 0 aliphatic heterocycles. The lowest BCUT2D eigenvalue weighted by molar-refractivity contribution is -0.384. The van der Waals surface area contributed by atoms with E-state index in [0.717, 1.165) is 29.8 Å². The van der Waals surface area contributed by atoms with Crippen molar-refractivity contribution in [1.29, 1.82) is 0 Å². The maximum absolute atomic E-state index is 12.4. The number of benzene rings is 1. The molecule has 148 valence electrons. The first kappa shape index (κ1) is 18.8. The van der Waals surface area contributed by atoms with Gasteiger partial charge < -0.3 is 5.32 Å². The maximum Gasteiger partial charge on any atom is 0.269 e. The molecule has 2 aromatic heterocycles. The zero-order valence-electron chi connectivity index (χ0n) is 15.8. The minimum absolute atomic E-state index is 0.0427. The van der Waals surface area contributed by atoms with Crippen LogP contribution in [0.25, 0.3) is 11.3 Å². The minimum atomic E-state index is -0.488. The van der Waals surface area contributed by atoms with Gasteiger partial charge in [-0.25, -0.2) is 0 Å². The van der Waals surface area contributed by atoms with E-state index in [-0.39, 0.29) is 18.1 Å². The molecule has 1 aromatic carbocycles. The van der Waals surface area contributed by atoms with Gasteiger partial charge in [-0.2, -0.15) is 5.10 Å². The summed E-state index contributed by atoms with van der Waals surface area (Å²) in [5.41, 5.74) is 3.18. The van der Waals surface area contributed by atoms with Crippen LogP contribution in [0.5, 0.6) is 0 Å². The Kier molecular flexibility index (Phi) is 5.33. The molecule has 0 saturated heterocycles. The highest BCUT2D eigenvalue weighted by Crippen LogP contribution is 2.33. The number of nitrogens with one attached hydrogen (secondary N) is 1. The molecule has 1 fully saturated rings. The van der Waals surface area contributed by atoms with Crippen molar-refractivity contribution in [3.05, 3.63) is 76.2 Å². The Balaban J connectivity index is 1.51. The smallest absolute Gasteiger partial charge is 0.269 e. The number of hydrogen-bond acceptors (Lipinski definition) is 5. The summed E-state index contributed by atoms with van der Waals surface area (Å²) in [6.45, 7) is 0.285. The molecule has 0 radical (unpaired) electrons. The van der Waals surface area contributed by atoms with Gasteiger partial charge in [0.15, 0.2) is 0 Å². The van der Waals surface area contributed by atoms with Crippen molar-refractivity contribution in [1.82, 2.24) is 20.1 Å². The van der Waals surface area contributed by atoms with Crippen molar-refractivity contribution in [3.8, 4) is 11.3 Å². The lowest BCUT2D eigenvalue weighted by Crippen LogP contribution is -2.23. The number of rotatable bonds is 6. The standard InChI is InChI=1S/C21H21N5O3/c27-21(16-5-7-19(8-6-16)26(28)29)23-14-17-13-20(15-9-11-22-12-10-15)25(24-17)18-3-1-2-4-18/h5-13,18H,1-4,14H2,(H,23,27). The summed E-state index contributed by atoms with van der Waals surface area (Å²) in [5, 5.41) is 18.4. The zero-order chi connectivity index (χ0) is 20.2. The molecule has 0 atom stereocenters. The van der Waals surface area contributed by atoms with E-state index in [2.05, 4.69) is 15.0 Å². The Morgan fingerprint density at radius 2 is 1.83 bits per heavy atom. The van der Waals surface area contributed by atoms with E-state index >= 15 is 0 Å². The topological polar surface area (TPSA) is 103 Å². The van der Waals surface area contributed by atoms with Crippen LogP contribution >= 0.6 is 0 Å². The van der Waals surface area contributed by atoms with Gasteiger partial charge in [0.05, 0.1) is 28.9 Å². The molecule has 4 rings (SSSR count). The van der Waals surface area contributed by atoms with Crippen molar-refractivity contribution >= 4 is 11.6 Å². The fraction of sp³-hybridized carbons (Fsp3) is 0.286. The summed E-state index contributed by atoms with van der Waals surface area (Å²) in [7, 11) is 0. The van der Waals surface area contributed by atoms with Crippen LogP contribution in [0.3, 0.4) is 0 Å². The minimum Gasteiger partial charge on any atom is -0.346 e. The molecular formula is C21H21N5O3. The molecule has 8 nitrogen and oxygen atoms in total. The van der Waals surface area contributed by atoms with Crippen LogP contribution in [-0.4, -0.2) is 25.6 Å². The number of nitro benzene ring substituents is 1. The first-order valence-corrected chi connectivity index (χ1v) is 9.63. The fourth-order valence-electron chi connectivity index (χ4n) is 3.70. The van der Waals surface area contributed by atoms with Gasteiger partial charge in [-0.15, -0.1) is 0 Å². The summed E-state index contributed by atoms with van der Waals surface area (Å²) in [4.78, 5) is 26.7. The van der Waals surface area contributed by atoms with Crippen LogP contribution in [-0.2, 0) is 6.54 Å². The molecule has 1 aliphatic carbocycles. The van der Waals surface area contributed by atoms with Gasteiger partial charge in [-0.05, 0) is 43.2 Å². The largest absolute Gasteiger partial charge is 0.346 e. The van der Waals surface area contributed by atoms with Crippen LogP contribution in [0.15, 0.2) is 54.9 Å². The number of carbonyl (C=O) groups excluding carboxylic acids is 1. The molecule has 3 aromatic rings. The van der Waals surface area contributed by atoms with Crippen molar-refractivity contribution in [2.75, 3.05) is 0 Å². The van der Waals surface area contributed by atoms with E-state index in [1.54, 1.807) is 12.4 Å². The molecule has 0 bridgehead atoms. The predicted octanol–water partition coefficient (Wildman–Crippen LogP) is 3.90. The molecule has 1 aliphatic rings. The van der Waals surface area contributed by atoms with Crippen LogP contribution < -0.4 is 5.32 Å². The second kappa shape index (κ2) is 8.22. The summed E-state index contributed by atoms with van der Waals surface area (Å²) in [5.74, 6) is -0.291. The van der Waals surface area contributed by atoms with Gasteiger partial charge in [0.1, 0.15) is 0 Å². The molecular weight excluding hydrogens is 370 g/mol. The van der Waals surface area contributed by atoms with Gasteiger partial charge in [0, 0.05) is 35.7 Å². The van der Waals surface area contributed by atoms with Gasteiger partial charge in [0.25, 0.3) is 11.6 Å². The van der Waals surface area contributed by atoms with Gasteiger partial charge in [-0.1, -0.05) is 12.8 Å². The van der Waals surface area contributed by atoms with E-state index in [1.807, 2.05) is 18.2 Å². The third-order valence-electron chi connectivity index (χ3n) is 5.20. The van der Waals surface area contributed by atoms with E-state index in [4.69, 9.17) is 5.10 Å². The van der Waals surface area contributed by atoms with Crippen LogP contribution in [0.1, 0.15) is 47.8 Å². The number of aromatic nitrogens is 3. The van der Waals surface area contributed by atoms with Crippen LogP contribution in [0.2, 0.25) is 0 Å². The van der Waals surface area contributed by atoms with E-state index in [9.17, 15) is 14.9 Å². The average molecular weight is 391 g/mol. The first-order chi connectivity index (χ1) is 14.1. The monoisotopic (exact) mass is 391 g/mol. The number of nitrogens with zero attached hydrogens (tertiary/aromatic N) is 4. The quantitative estimate of drug-likeness (QED) is 0.507. The number of amides is 1. The summed E-state index contributed by atoms with van der Waals surface area (Å²) >= 11 is 0. The van der Waals surface area contributed by atoms with Crippen molar-refractivity contribution in [2.24, 2.45) is 0 Å². The first-order valence-electron chi connectivity index (χ1n) is 9.63. The molecule has 1 amide bonds. The molecule has 0 spiro atoms. The SMILES string of the molecule is O=C(NCc1cc(-c2ccncc2)n(C2CCCC2)n1)c1ccc([N+](=O)[O-])cc1. The highest BCUT2D eigenvalue weighted by atomic mass is 16.6. The van der Waals surface area contributed by atoms with E-state index in [0.29, 0.717) is 11.6 Å². The van der Waals surface area contributed by atoms with Gasteiger partial charge in [0.2, 0.25) is 0 Å². The second-order valence-electron chi connectivity index (χ2n) is 7.13. The Hall–Kier alpha value is -3.55. The lowest BCUT2D eigenvalue weighted by Gasteiger charge is -2.14. The Morgan fingerprint density at radius 1 is 1.14 bits per heavy atom.